The van der Waals surface area contributed by atoms with Crippen LogP contribution in [-0.2, 0) is 6.54 Å². The predicted molar refractivity (Wildman–Crippen MR) is 45.5 cm³/mol. The standard InChI is InChI=1S/C7H12N2OS/c1-6(3-10)8-2-7-4-11-5-9-7/h4-6,8,10H,2-3H2,1H3/t6-/m1/s1. The Morgan fingerprint density at radius 1 is 1.82 bits per heavy atom. The molecule has 0 spiro atoms. The first kappa shape index (κ1) is 8.64. The van der Waals surface area contributed by atoms with E-state index < -0.39 is 0 Å². The van der Waals surface area contributed by atoms with E-state index >= 15 is 0 Å². The average molecular weight is 172 g/mol. The minimum absolute atomic E-state index is 0.150. The number of nitrogens with zero attached hydrogens (tertiary/aromatic N) is 1. The molecule has 0 aliphatic heterocycles. The summed E-state index contributed by atoms with van der Waals surface area (Å²) in [7, 11) is 0. The Morgan fingerprint density at radius 3 is 3.18 bits per heavy atom. The quantitative estimate of drug-likeness (QED) is 0.699. The summed E-state index contributed by atoms with van der Waals surface area (Å²) in [5.41, 5.74) is 2.84. The van der Waals surface area contributed by atoms with Crippen molar-refractivity contribution in [3.05, 3.63) is 16.6 Å². The monoisotopic (exact) mass is 172 g/mol. The molecule has 4 heteroatoms. The first-order valence-corrected chi connectivity index (χ1v) is 4.48. The number of nitrogens with one attached hydrogen (secondary N) is 1. The van der Waals surface area contributed by atoms with E-state index in [1.54, 1.807) is 16.8 Å². The summed E-state index contributed by atoms with van der Waals surface area (Å²) in [6, 6.07) is 0.150. The molecular formula is C7H12N2OS. The summed E-state index contributed by atoms with van der Waals surface area (Å²) >= 11 is 1.59. The van der Waals surface area contributed by atoms with Crippen molar-refractivity contribution in [3.63, 3.8) is 0 Å². The highest BCUT2D eigenvalue weighted by molar-refractivity contribution is 7.07. The summed E-state index contributed by atoms with van der Waals surface area (Å²) in [6.07, 6.45) is 0. The molecule has 1 atom stereocenters. The fraction of sp³-hybridized carbons (Fsp3) is 0.571. The highest BCUT2D eigenvalue weighted by Gasteiger charge is 1.99. The van der Waals surface area contributed by atoms with Crippen LogP contribution in [-0.4, -0.2) is 22.7 Å². The zero-order valence-electron chi connectivity index (χ0n) is 6.45. The number of aromatic nitrogens is 1. The Bertz CT molecular complexity index is 188. The maximum Gasteiger partial charge on any atom is 0.0795 e. The van der Waals surface area contributed by atoms with Gasteiger partial charge in [-0.25, -0.2) is 4.98 Å². The Balaban J connectivity index is 2.23. The van der Waals surface area contributed by atoms with Crippen LogP contribution >= 0.6 is 11.3 Å². The molecule has 0 aliphatic rings. The maximum atomic E-state index is 8.68. The second-order valence-corrected chi connectivity index (χ2v) is 3.16. The fourth-order valence-corrected chi connectivity index (χ4v) is 1.23. The van der Waals surface area contributed by atoms with Gasteiger partial charge < -0.3 is 10.4 Å². The molecule has 0 bridgehead atoms. The van der Waals surface area contributed by atoms with E-state index in [1.807, 2.05) is 12.3 Å². The van der Waals surface area contributed by atoms with Gasteiger partial charge in [-0.2, -0.15) is 0 Å². The molecule has 0 fully saturated rings. The van der Waals surface area contributed by atoms with E-state index in [0.717, 1.165) is 12.2 Å². The molecule has 3 nitrogen and oxygen atoms in total. The third-order valence-electron chi connectivity index (χ3n) is 1.39. The zero-order valence-corrected chi connectivity index (χ0v) is 7.27. The van der Waals surface area contributed by atoms with E-state index in [1.165, 1.54) is 0 Å². The highest BCUT2D eigenvalue weighted by atomic mass is 32.1. The van der Waals surface area contributed by atoms with Crippen LogP contribution in [0, 0.1) is 0 Å². The number of aliphatic hydroxyl groups excluding tert-OH is 1. The van der Waals surface area contributed by atoms with Crippen molar-refractivity contribution in [1.82, 2.24) is 10.3 Å². The van der Waals surface area contributed by atoms with Gasteiger partial charge in [0.1, 0.15) is 0 Å². The van der Waals surface area contributed by atoms with E-state index in [-0.39, 0.29) is 12.6 Å². The molecule has 0 unspecified atom stereocenters. The Labute approximate surface area is 70.1 Å². The molecule has 1 aromatic heterocycles. The lowest BCUT2D eigenvalue weighted by atomic mass is 10.3. The molecule has 1 heterocycles. The second kappa shape index (κ2) is 4.43. The lowest BCUT2D eigenvalue weighted by Crippen LogP contribution is -2.28. The van der Waals surface area contributed by atoms with Crippen molar-refractivity contribution in [3.8, 4) is 0 Å². The molecule has 1 rings (SSSR count). The molecule has 0 amide bonds. The molecule has 0 aromatic carbocycles. The first-order valence-electron chi connectivity index (χ1n) is 3.54. The van der Waals surface area contributed by atoms with Crippen LogP contribution in [0.5, 0.6) is 0 Å². The molecule has 0 saturated heterocycles. The van der Waals surface area contributed by atoms with Crippen LogP contribution in [0.2, 0.25) is 0 Å². The van der Waals surface area contributed by atoms with E-state index in [0.29, 0.717) is 0 Å². The third-order valence-corrected chi connectivity index (χ3v) is 2.02. The van der Waals surface area contributed by atoms with Crippen LogP contribution in [0.15, 0.2) is 10.9 Å². The van der Waals surface area contributed by atoms with Gasteiger partial charge in [-0.05, 0) is 6.92 Å². The zero-order chi connectivity index (χ0) is 8.10. The molecule has 0 radical (unpaired) electrons. The van der Waals surface area contributed by atoms with Gasteiger partial charge in [0.2, 0.25) is 0 Å². The summed E-state index contributed by atoms with van der Waals surface area (Å²) in [5, 5.41) is 13.8. The highest BCUT2D eigenvalue weighted by Crippen LogP contribution is 1.99. The minimum Gasteiger partial charge on any atom is -0.395 e. The summed E-state index contributed by atoms with van der Waals surface area (Å²) in [5.74, 6) is 0. The molecule has 11 heavy (non-hydrogen) atoms. The van der Waals surface area contributed by atoms with E-state index in [4.69, 9.17) is 5.11 Å². The van der Waals surface area contributed by atoms with Crippen molar-refractivity contribution >= 4 is 11.3 Å². The smallest absolute Gasteiger partial charge is 0.0795 e. The minimum atomic E-state index is 0.150. The molecule has 0 saturated carbocycles. The third kappa shape index (κ3) is 2.96. The SMILES string of the molecule is C[C@H](CO)NCc1cscn1. The fourth-order valence-electron chi connectivity index (χ4n) is 0.668. The van der Waals surface area contributed by atoms with Gasteiger partial charge >= 0.3 is 0 Å². The number of aliphatic hydroxyl groups is 1. The number of hydrogen-bond acceptors (Lipinski definition) is 4. The lowest BCUT2D eigenvalue weighted by Gasteiger charge is -2.07. The van der Waals surface area contributed by atoms with Gasteiger partial charge in [-0.15, -0.1) is 11.3 Å². The largest absolute Gasteiger partial charge is 0.395 e. The van der Waals surface area contributed by atoms with Crippen LogP contribution in [0.3, 0.4) is 0 Å². The summed E-state index contributed by atoms with van der Waals surface area (Å²) in [6.45, 7) is 2.85. The van der Waals surface area contributed by atoms with Gasteiger partial charge in [0.25, 0.3) is 0 Å². The normalized spacial score (nSPS) is 13.3. The van der Waals surface area contributed by atoms with Gasteiger partial charge in [0.15, 0.2) is 0 Å². The Hall–Kier alpha value is -0.450. The average Bonchev–Trinajstić information content (AvgIpc) is 2.52. The number of hydrogen-bond donors (Lipinski definition) is 2. The van der Waals surface area contributed by atoms with Crippen molar-refractivity contribution in [1.29, 1.82) is 0 Å². The van der Waals surface area contributed by atoms with Crippen molar-refractivity contribution in [2.75, 3.05) is 6.61 Å². The topological polar surface area (TPSA) is 45.1 Å². The Morgan fingerprint density at radius 2 is 2.64 bits per heavy atom. The summed E-state index contributed by atoms with van der Waals surface area (Å²) < 4.78 is 0. The van der Waals surface area contributed by atoms with Crippen LogP contribution in [0.1, 0.15) is 12.6 Å². The van der Waals surface area contributed by atoms with Crippen LogP contribution in [0.25, 0.3) is 0 Å². The molecule has 0 aliphatic carbocycles. The van der Waals surface area contributed by atoms with E-state index in [9.17, 15) is 0 Å². The van der Waals surface area contributed by atoms with Gasteiger partial charge in [0.05, 0.1) is 17.8 Å². The van der Waals surface area contributed by atoms with Gasteiger partial charge in [-0.3, -0.25) is 0 Å². The second-order valence-electron chi connectivity index (χ2n) is 2.44. The summed E-state index contributed by atoms with van der Waals surface area (Å²) in [4.78, 5) is 4.10. The van der Waals surface area contributed by atoms with Crippen molar-refractivity contribution in [2.24, 2.45) is 0 Å². The number of thiazole rings is 1. The molecular weight excluding hydrogens is 160 g/mol. The number of rotatable bonds is 4. The van der Waals surface area contributed by atoms with E-state index in [2.05, 4.69) is 10.3 Å². The van der Waals surface area contributed by atoms with Gasteiger partial charge in [-0.1, -0.05) is 0 Å². The van der Waals surface area contributed by atoms with Gasteiger partial charge in [0, 0.05) is 18.0 Å². The maximum absolute atomic E-state index is 8.68. The van der Waals surface area contributed by atoms with Crippen LogP contribution < -0.4 is 5.32 Å². The molecule has 2 N–H and O–H groups in total. The Kier molecular flexibility index (Phi) is 3.48. The molecule has 1 aromatic rings. The predicted octanol–water partition coefficient (Wildman–Crippen LogP) is 0.614. The van der Waals surface area contributed by atoms with Crippen molar-refractivity contribution < 1.29 is 5.11 Å². The van der Waals surface area contributed by atoms with Crippen molar-refractivity contribution in [2.45, 2.75) is 19.5 Å². The van der Waals surface area contributed by atoms with Crippen LogP contribution in [0.4, 0.5) is 0 Å². The lowest BCUT2D eigenvalue weighted by molar-refractivity contribution is 0.250. The first-order chi connectivity index (χ1) is 5.33. The molecule has 62 valence electrons.